The number of alkyl halides is 3. The van der Waals surface area contributed by atoms with Crippen molar-refractivity contribution in [1.82, 2.24) is 24.8 Å². The number of ether oxygens (including phenoxy) is 1. The number of rotatable bonds is 7. The number of halogens is 3. The molecule has 0 atom stereocenters. The predicted octanol–water partition coefficient (Wildman–Crippen LogP) is 5.24. The van der Waals surface area contributed by atoms with Crippen LogP contribution in [0.1, 0.15) is 39.6 Å². The highest BCUT2D eigenvalue weighted by atomic mass is 19.4. The number of hydrogen-bond donors (Lipinski definition) is 1. The van der Waals surface area contributed by atoms with Gasteiger partial charge in [-0.3, -0.25) is 14.7 Å². The van der Waals surface area contributed by atoms with Crippen LogP contribution in [0.4, 0.5) is 18.9 Å². The molecule has 1 fully saturated rings. The number of nitrogens with one attached hydrogen (secondary N) is 1. The molecule has 11 heteroatoms. The molecule has 5 rings (SSSR count). The Balaban J connectivity index is 1.33. The van der Waals surface area contributed by atoms with Gasteiger partial charge in [-0.05, 0) is 68.3 Å². The van der Waals surface area contributed by atoms with Gasteiger partial charge in [0.1, 0.15) is 11.5 Å². The lowest BCUT2D eigenvalue weighted by molar-refractivity contribution is -0.141. The van der Waals surface area contributed by atoms with Gasteiger partial charge in [0.05, 0.1) is 13.2 Å². The molecule has 4 aromatic rings. The van der Waals surface area contributed by atoms with Crippen molar-refractivity contribution in [2.24, 2.45) is 0 Å². The number of anilines is 1. The molecule has 208 valence electrons. The van der Waals surface area contributed by atoms with E-state index in [-0.39, 0.29) is 5.56 Å². The van der Waals surface area contributed by atoms with Gasteiger partial charge in [-0.15, -0.1) is 0 Å². The number of aromatic nitrogens is 4. The van der Waals surface area contributed by atoms with Gasteiger partial charge in [0, 0.05) is 59.8 Å². The quantitative estimate of drug-likeness (QED) is 0.336. The fraction of sp³-hybridized carbons (Fsp3) is 0.345. The first-order chi connectivity index (χ1) is 19.2. The number of pyridine rings is 2. The van der Waals surface area contributed by atoms with Gasteiger partial charge in [-0.25, -0.2) is 15.0 Å². The minimum absolute atomic E-state index is 0.133. The summed E-state index contributed by atoms with van der Waals surface area (Å²) in [6.45, 7) is 8.28. The molecule has 0 bridgehead atoms. The van der Waals surface area contributed by atoms with Gasteiger partial charge in [-0.2, -0.15) is 13.2 Å². The Morgan fingerprint density at radius 1 is 1.02 bits per heavy atom. The molecule has 3 aromatic heterocycles. The number of hydrogen-bond acceptors (Lipinski definition) is 7. The van der Waals surface area contributed by atoms with E-state index >= 15 is 0 Å². The lowest BCUT2D eigenvalue weighted by Crippen LogP contribution is -2.37. The summed E-state index contributed by atoms with van der Waals surface area (Å²) >= 11 is 0. The van der Waals surface area contributed by atoms with Crippen molar-refractivity contribution in [3.63, 3.8) is 0 Å². The fourth-order valence-corrected chi connectivity index (χ4v) is 4.69. The summed E-state index contributed by atoms with van der Waals surface area (Å²) < 4.78 is 44.5. The summed E-state index contributed by atoms with van der Waals surface area (Å²) in [5.41, 5.74) is 3.22. The van der Waals surface area contributed by atoms with Crippen molar-refractivity contribution in [2.75, 3.05) is 38.2 Å². The van der Waals surface area contributed by atoms with Gasteiger partial charge in [-0.1, -0.05) is 6.07 Å². The van der Waals surface area contributed by atoms with E-state index in [1.807, 2.05) is 26.0 Å². The number of carbonyl (C=O) groups excluding carboxylic acids is 1. The second-order valence-corrected chi connectivity index (χ2v) is 9.79. The third-order valence-electron chi connectivity index (χ3n) is 6.89. The first kappa shape index (κ1) is 27.6. The molecule has 4 heterocycles. The van der Waals surface area contributed by atoms with E-state index in [2.05, 4.69) is 25.2 Å². The summed E-state index contributed by atoms with van der Waals surface area (Å²) in [7, 11) is 0. The maximum atomic E-state index is 13.0. The van der Waals surface area contributed by atoms with Crippen LogP contribution < -0.4 is 5.32 Å². The van der Waals surface area contributed by atoms with Crippen molar-refractivity contribution in [1.29, 1.82) is 0 Å². The highest BCUT2D eigenvalue weighted by Gasteiger charge is 2.33. The van der Waals surface area contributed by atoms with Crippen LogP contribution in [-0.4, -0.2) is 63.6 Å². The molecule has 40 heavy (non-hydrogen) atoms. The topological polar surface area (TPSA) is 93.1 Å². The van der Waals surface area contributed by atoms with E-state index in [0.29, 0.717) is 11.3 Å². The predicted molar refractivity (Wildman–Crippen MR) is 145 cm³/mol. The first-order valence-corrected chi connectivity index (χ1v) is 13.1. The van der Waals surface area contributed by atoms with Crippen molar-refractivity contribution in [3.8, 4) is 11.1 Å². The Kier molecular flexibility index (Phi) is 8.04. The maximum Gasteiger partial charge on any atom is 0.433 e. The molecule has 1 aliphatic rings. The molecule has 1 aromatic carbocycles. The third kappa shape index (κ3) is 6.43. The van der Waals surface area contributed by atoms with E-state index in [9.17, 15) is 18.0 Å². The molecule has 1 saturated heterocycles. The van der Waals surface area contributed by atoms with Crippen LogP contribution in [0, 0.1) is 13.8 Å². The standard InChI is InChI=1S/C29H29F3N6O2/c1-18-5-6-22(36-28(39)20-7-8-33-25(15-20)29(30,31)32)16-23(18)24-14-21-17-34-26(37-27(21)35-19(24)2)4-3-9-38-10-12-40-13-11-38/h5-8,14-17H,3-4,9-13H2,1-2H3,(H,36,39). The van der Waals surface area contributed by atoms with Crippen LogP contribution in [0.3, 0.4) is 0 Å². The molecule has 1 amide bonds. The fourth-order valence-electron chi connectivity index (χ4n) is 4.69. The Hall–Kier alpha value is -3.96. The van der Waals surface area contributed by atoms with E-state index in [1.165, 1.54) is 6.07 Å². The number of nitrogens with zero attached hydrogens (tertiary/aromatic N) is 5. The Bertz CT molecular complexity index is 1540. The minimum atomic E-state index is -4.64. The molecule has 8 nitrogen and oxygen atoms in total. The second-order valence-electron chi connectivity index (χ2n) is 9.79. The molecule has 0 spiro atoms. The molecule has 0 radical (unpaired) electrons. The lowest BCUT2D eigenvalue weighted by Gasteiger charge is -2.26. The lowest BCUT2D eigenvalue weighted by atomic mass is 9.98. The SMILES string of the molecule is Cc1ccc(NC(=O)c2ccnc(C(F)(F)F)c2)cc1-c1cc2cnc(CCCN3CCOCC3)nc2nc1C. The number of morpholine rings is 1. The zero-order valence-corrected chi connectivity index (χ0v) is 22.3. The van der Waals surface area contributed by atoms with Crippen LogP contribution >= 0.6 is 0 Å². The number of benzene rings is 1. The minimum Gasteiger partial charge on any atom is -0.379 e. The van der Waals surface area contributed by atoms with Crippen molar-refractivity contribution >= 4 is 22.6 Å². The monoisotopic (exact) mass is 550 g/mol. The van der Waals surface area contributed by atoms with Gasteiger partial charge in [0.15, 0.2) is 5.65 Å². The maximum absolute atomic E-state index is 13.0. The second kappa shape index (κ2) is 11.6. The highest BCUT2D eigenvalue weighted by Crippen LogP contribution is 2.31. The van der Waals surface area contributed by atoms with Crippen LogP contribution in [0.5, 0.6) is 0 Å². The first-order valence-electron chi connectivity index (χ1n) is 13.1. The van der Waals surface area contributed by atoms with Crippen molar-refractivity contribution in [2.45, 2.75) is 32.9 Å². The molecule has 1 aliphatic heterocycles. The van der Waals surface area contributed by atoms with Crippen LogP contribution in [0.2, 0.25) is 0 Å². The summed E-state index contributed by atoms with van der Waals surface area (Å²) in [6.07, 6.45) is -0.164. The van der Waals surface area contributed by atoms with Gasteiger partial charge in [0.25, 0.3) is 5.91 Å². The molecular weight excluding hydrogens is 521 g/mol. The van der Waals surface area contributed by atoms with E-state index in [4.69, 9.17) is 9.72 Å². The van der Waals surface area contributed by atoms with Crippen molar-refractivity contribution < 1.29 is 22.7 Å². The largest absolute Gasteiger partial charge is 0.433 e. The average molecular weight is 551 g/mol. The summed E-state index contributed by atoms with van der Waals surface area (Å²) in [6, 6.07) is 9.29. The molecule has 0 saturated carbocycles. The molecular formula is C29H29F3N6O2. The third-order valence-corrected chi connectivity index (χ3v) is 6.89. The zero-order valence-electron chi connectivity index (χ0n) is 22.3. The summed E-state index contributed by atoms with van der Waals surface area (Å²) in [5.74, 6) is 0.0942. The molecule has 1 N–H and O–H groups in total. The number of aryl methyl sites for hydroxylation is 3. The normalized spacial score (nSPS) is 14.4. The smallest absolute Gasteiger partial charge is 0.379 e. The number of carbonyl (C=O) groups is 1. The van der Waals surface area contributed by atoms with Crippen LogP contribution in [0.25, 0.3) is 22.2 Å². The Labute approximate surface area is 229 Å². The Morgan fingerprint density at radius 3 is 2.60 bits per heavy atom. The number of amides is 1. The van der Waals surface area contributed by atoms with Crippen molar-refractivity contribution in [3.05, 3.63) is 77.1 Å². The van der Waals surface area contributed by atoms with E-state index in [0.717, 1.165) is 91.5 Å². The van der Waals surface area contributed by atoms with Gasteiger partial charge in [0.2, 0.25) is 0 Å². The van der Waals surface area contributed by atoms with Gasteiger partial charge < -0.3 is 10.1 Å². The van der Waals surface area contributed by atoms with Gasteiger partial charge >= 0.3 is 6.18 Å². The Morgan fingerprint density at radius 2 is 1.82 bits per heavy atom. The highest BCUT2D eigenvalue weighted by molar-refractivity contribution is 6.04. The van der Waals surface area contributed by atoms with Crippen LogP contribution in [0.15, 0.2) is 48.8 Å². The molecule has 0 unspecified atom stereocenters. The van der Waals surface area contributed by atoms with E-state index in [1.54, 1.807) is 18.3 Å². The summed E-state index contributed by atoms with van der Waals surface area (Å²) in [4.78, 5) is 32.4. The van der Waals surface area contributed by atoms with Crippen LogP contribution in [-0.2, 0) is 17.3 Å². The number of fused-ring (bicyclic) bond motifs is 1. The zero-order chi connectivity index (χ0) is 28.3. The average Bonchev–Trinajstić information content (AvgIpc) is 2.94. The molecule has 0 aliphatic carbocycles. The summed E-state index contributed by atoms with van der Waals surface area (Å²) in [5, 5.41) is 3.49. The van der Waals surface area contributed by atoms with E-state index < -0.39 is 17.8 Å².